The molecule has 0 bridgehead atoms. The summed E-state index contributed by atoms with van der Waals surface area (Å²) < 4.78 is 15.5. The zero-order valence-electron chi connectivity index (χ0n) is 22.0. The van der Waals surface area contributed by atoms with Gasteiger partial charge in [0, 0.05) is 24.2 Å². The highest BCUT2D eigenvalue weighted by Gasteiger charge is 2.31. The molecule has 1 N–H and O–H groups in total. The fraction of sp³-hybridized carbons (Fsp3) is 0.429. The Balaban J connectivity index is 1.78. The average molecular weight is 491 g/mol. The van der Waals surface area contributed by atoms with Gasteiger partial charge in [-0.2, -0.15) is 0 Å². The van der Waals surface area contributed by atoms with Gasteiger partial charge in [0.2, 0.25) is 0 Å². The van der Waals surface area contributed by atoms with Crippen LogP contribution in [0.1, 0.15) is 74.7 Å². The Bertz CT molecular complexity index is 1410. The lowest BCUT2D eigenvalue weighted by molar-refractivity contribution is 0.150. The molecule has 0 aliphatic heterocycles. The van der Waals surface area contributed by atoms with Crippen molar-refractivity contribution in [1.82, 2.24) is 30.1 Å². The summed E-state index contributed by atoms with van der Waals surface area (Å²) in [6.45, 7) is 13.5. The predicted octanol–water partition coefficient (Wildman–Crippen LogP) is 5.57. The van der Waals surface area contributed by atoms with E-state index in [1.165, 1.54) is 17.7 Å². The van der Waals surface area contributed by atoms with Crippen LogP contribution < -0.4 is 5.56 Å². The standard InChI is InChI=1S/C28H35FN6O/c1-7-25(26-31-32-33-35(26)28(5,6)8-2)34(16-20-9-11-23(29)12-10-20)17-22-15-21-13-18(3)19(4)14-24(21)30-27(22)36/h9-15,25H,7-8,16-17H2,1-6H3,(H,30,36)/t25-/m0/s1. The number of nitrogens with one attached hydrogen (secondary N) is 1. The second-order valence-corrected chi connectivity index (χ2v) is 10.2. The van der Waals surface area contributed by atoms with Crippen LogP contribution in [0.2, 0.25) is 0 Å². The highest BCUT2D eigenvalue weighted by molar-refractivity contribution is 5.80. The van der Waals surface area contributed by atoms with Crippen LogP contribution in [-0.2, 0) is 18.6 Å². The van der Waals surface area contributed by atoms with Crippen molar-refractivity contribution in [3.05, 3.63) is 86.7 Å². The van der Waals surface area contributed by atoms with Gasteiger partial charge < -0.3 is 4.98 Å². The monoisotopic (exact) mass is 490 g/mol. The van der Waals surface area contributed by atoms with Crippen LogP contribution in [0, 0.1) is 19.7 Å². The molecule has 0 saturated heterocycles. The summed E-state index contributed by atoms with van der Waals surface area (Å²) in [7, 11) is 0. The number of halogens is 1. The van der Waals surface area contributed by atoms with E-state index in [4.69, 9.17) is 0 Å². The van der Waals surface area contributed by atoms with Crippen LogP contribution in [0.15, 0.2) is 47.3 Å². The maximum Gasteiger partial charge on any atom is 0.252 e. The van der Waals surface area contributed by atoms with Crippen LogP contribution >= 0.6 is 0 Å². The number of hydrogen-bond acceptors (Lipinski definition) is 5. The topological polar surface area (TPSA) is 79.7 Å². The third kappa shape index (κ3) is 5.23. The van der Waals surface area contributed by atoms with E-state index >= 15 is 0 Å². The number of aromatic nitrogens is 5. The number of rotatable bonds is 9. The first-order chi connectivity index (χ1) is 17.1. The van der Waals surface area contributed by atoms with Crippen LogP contribution in [0.5, 0.6) is 0 Å². The van der Waals surface area contributed by atoms with E-state index in [1.807, 2.05) is 23.7 Å². The molecule has 0 spiro atoms. The van der Waals surface area contributed by atoms with Gasteiger partial charge in [-0.1, -0.05) is 26.0 Å². The SMILES string of the molecule is CC[C@@H](c1nnnn1C(C)(C)CC)N(Cc1ccc(F)cc1)Cc1cc2cc(C)c(C)cc2[nH]c1=O. The van der Waals surface area contributed by atoms with E-state index in [2.05, 4.69) is 66.1 Å². The summed E-state index contributed by atoms with van der Waals surface area (Å²) in [5, 5.41) is 13.8. The number of aromatic amines is 1. The number of tetrazole rings is 1. The smallest absolute Gasteiger partial charge is 0.252 e. The van der Waals surface area contributed by atoms with Gasteiger partial charge in [0.15, 0.2) is 5.82 Å². The van der Waals surface area contributed by atoms with Gasteiger partial charge >= 0.3 is 0 Å². The molecule has 0 unspecified atom stereocenters. The number of pyridine rings is 1. The minimum atomic E-state index is -0.275. The Labute approximate surface area is 211 Å². The average Bonchev–Trinajstić information content (AvgIpc) is 3.33. The lowest BCUT2D eigenvalue weighted by atomic mass is 10.0. The van der Waals surface area contributed by atoms with Crippen LogP contribution in [0.4, 0.5) is 4.39 Å². The maximum absolute atomic E-state index is 13.6. The summed E-state index contributed by atoms with van der Waals surface area (Å²) in [4.78, 5) is 18.4. The van der Waals surface area contributed by atoms with Crippen LogP contribution in [-0.4, -0.2) is 30.1 Å². The minimum Gasteiger partial charge on any atom is -0.322 e. The molecule has 7 nitrogen and oxygen atoms in total. The molecule has 0 amide bonds. The molecule has 4 rings (SSSR count). The lowest BCUT2D eigenvalue weighted by Gasteiger charge is -2.33. The first-order valence-corrected chi connectivity index (χ1v) is 12.5. The molecule has 0 radical (unpaired) electrons. The van der Waals surface area contributed by atoms with Gasteiger partial charge in [-0.25, -0.2) is 9.07 Å². The summed E-state index contributed by atoms with van der Waals surface area (Å²) in [5.41, 5.74) is 4.39. The van der Waals surface area contributed by atoms with Gasteiger partial charge in [-0.3, -0.25) is 9.69 Å². The number of fused-ring (bicyclic) bond motifs is 1. The zero-order valence-corrected chi connectivity index (χ0v) is 22.0. The molecular formula is C28H35FN6O. The summed E-state index contributed by atoms with van der Waals surface area (Å²) in [5.74, 6) is 0.484. The van der Waals surface area contributed by atoms with Crippen molar-refractivity contribution in [3.8, 4) is 0 Å². The zero-order chi connectivity index (χ0) is 26.0. The molecule has 0 saturated carbocycles. The van der Waals surface area contributed by atoms with Crippen LogP contribution in [0.3, 0.4) is 0 Å². The predicted molar refractivity (Wildman–Crippen MR) is 140 cm³/mol. The number of nitrogens with zero attached hydrogens (tertiary/aromatic N) is 5. The van der Waals surface area contributed by atoms with Gasteiger partial charge in [-0.05, 0) is 103 Å². The Morgan fingerprint density at radius 2 is 1.75 bits per heavy atom. The fourth-order valence-corrected chi connectivity index (χ4v) is 4.55. The normalized spacial score (nSPS) is 13.0. The van der Waals surface area contributed by atoms with Crippen molar-refractivity contribution >= 4 is 10.9 Å². The number of hydrogen-bond donors (Lipinski definition) is 1. The Morgan fingerprint density at radius 3 is 2.42 bits per heavy atom. The van der Waals surface area contributed by atoms with Gasteiger partial charge in [-0.15, -0.1) is 5.10 Å². The van der Waals surface area contributed by atoms with Crippen molar-refractivity contribution in [2.45, 2.75) is 79.1 Å². The largest absolute Gasteiger partial charge is 0.322 e. The van der Waals surface area contributed by atoms with E-state index in [-0.39, 0.29) is 23.0 Å². The first-order valence-electron chi connectivity index (χ1n) is 12.5. The number of benzene rings is 2. The molecule has 2 aromatic heterocycles. The van der Waals surface area contributed by atoms with Gasteiger partial charge in [0.1, 0.15) is 5.82 Å². The minimum absolute atomic E-state index is 0.113. The molecular weight excluding hydrogens is 455 g/mol. The Kier molecular flexibility index (Phi) is 7.36. The summed E-state index contributed by atoms with van der Waals surface area (Å²) in [6, 6.07) is 12.4. The van der Waals surface area contributed by atoms with Crippen molar-refractivity contribution < 1.29 is 4.39 Å². The molecule has 2 aromatic carbocycles. The third-order valence-electron chi connectivity index (χ3n) is 7.27. The third-order valence-corrected chi connectivity index (χ3v) is 7.27. The highest BCUT2D eigenvalue weighted by Crippen LogP contribution is 2.30. The maximum atomic E-state index is 13.6. The van der Waals surface area contributed by atoms with E-state index in [0.29, 0.717) is 18.7 Å². The van der Waals surface area contributed by atoms with E-state index in [1.54, 1.807) is 12.1 Å². The van der Waals surface area contributed by atoms with Gasteiger partial charge in [0.25, 0.3) is 5.56 Å². The van der Waals surface area contributed by atoms with E-state index in [0.717, 1.165) is 40.7 Å². The molecule has 8 heteroatoms. The highest BCUT2D eigenvalue weighted by atomic mass is 19.1. The Morgan fingerprint density at radius 1 is 1.06 bits per heavy atom. The second kappa shape index (κ2) is 10.3. The quantitative estimate of drug-likeness (QED) is 0.332. The number of H-pyrrole nitrogens is 1. The molecule has 2 heterocycles. The van der Waals surface area contributed by atoms with Crippen LogP contribution in [0.25, 0.3) is 10.9 Å². The van der Waals surface area contributed by atoms with Gasteiger partial charge in [0.05, 0.1) is 11.6 Å². The molecule has 190 valence electrons. The molecule has 1 atom stereocenters. The number of aryl methyl sites for hydroxylation is 2. The molecule has 0 aliphatic rings. The second-order valence-electron chi connectivity index (χ2n) is 10.2. The molecule has 36 heavy (non-hydrogen) atoms. The Hall–Kier alpha value is -3.39. The van der Waals surface area contributed by atoms with E-state index < -0.39 is 0 Å². The van der Waals surface area contributed by atoms with Crippen molar-refractivity contribution in [2.24, 2.45) is 0 Å². The van der Waals surface area contributed by atoms with Crippen molar-refractivity contribution in [2.75, 3.05) is 0 Å². The summed E-state index contributed by atoms with van der Waals surface area (Å²) in [6.07, 6.45) is 1.60. The molecule has 0 aliphatic carbocycles. The fourth-order valence-electron chi connectivity index (χ4n) is 4.55. The molecule has 4 aromatic rings. The van der Waals surface area contributed by atoms with Crippen molar-refractivity contribution in [3.63, 3.8) is 0 Å². The lowest BCUT2D eigenvalue weighted by Crippen LogP contribution is -2.36. The van der Waals surface area contributed by atoms with E-state index in [9.17, 15) is 9.18 Å². The van der Waals surface area contributed by atoms with Crippen molar-refractivity contribution in [1.29, 1.82) is 0 Å². The first kappa shape index (κ1) is 25.7. The summed E-state index contributed by atoms with van der Waals surface area (Å²) >= 11 is 0. The molecule has 0 fully saturated rings.